The van der Waals surface area contributed by atoms with Gasteiger partial charge in [-0.1, -0.05) is 11.6 Å². The van der Waals surface area contributed by atoms with Gasteiger partial charge in [-0.3, -0.25) is 4.79 Å². The monoisotopic (exact) mass is 511 g/mol. The van der Waals surface area contributed by atoms with E-state index in [2.05, 4.69) is 15.4 Å². The van der Waals surface area contributed by atoms with Crippen LogP contribution in [0.4, 0.5) is 24.9 Å². The average molecular weight is 512 g/mol. The summed E-state index contributed by atoms with van der Waals surface area (Å²) >= 11 is 5.87. The number of hydrogen-bond donors (Lipinski definition) is 2. The van der Waals surface area contributed by atoms with Gasteiger partial charge in [0, 0.05) is 37.3 Å². The molecule has 0 bridgehead atoms. The summed E-state index contributed by atoms with van der Waals surface area (Å²) < 4.78 is 41.1. The van der Waals surface area contributed by atoms with Crippen molar-refractivity contribution in [3.8, 4) is 5.75 Å². The Morgan fingerprint density at radius 2 is 1.77 bits per heavy atom. The third-order valence-corrected chi connectivity index (χ3v) is 6.70. The summed E-state index contributed by atoms with van der Waals surface area (Å²) in [7, 11) is 4.00. The zero-order valence-electron chi connectivity index (χ0n) is 19.7. The third-order valence-electron chi connectivity index (χ3n) is 6.40. The molecule has 11 heteroatoms. The number of carbonyl (C=O) groups is 1. The van der Waals surface area contributed by atoms with Gasteiger partial charge in [0.1, 0.15) is 11.6 Å². The first-order valence-electron chi connectivity index (χ1n) is 11.8. The Labute approximate surface area is 207 Å². The van der Waals surface area contributed by atoms with E-state index < -0.39 is 12.1 Å². The second kappa shape index (κ2) is 10.5. The Morgan fingerprint density at radius 3 is 2.43 bits per heavy atom. The minimum Gasteiger partial charge on any atom is -0.404 e. The molecule has 2 aromatic rings. The van der Waals surface area contributed by atoms with E-state index >= 15 is 0 Å². The molecule has 2 aliphatic rings. The standard InChI is InChI=1S/C24H29ClF3N5O2/c1-33(2)21-17-5-3-4-6-19(17)31-23(32-21)30-16-10-8-15(9-11-16)29-22(34)14-7-12-20(18(25)13-14)35-24(26,27)28/h7,12-13,15-16H,3-6,8-11H2,1-2H3,(H,29,34)(H,30,31,32)/t15-,16+. The number of aromatic nitrogens is 2. The number of rotatable bonds is 6. The smallest absolute Gasteiger partial charge is 0.404 e. The number of anilines is 2. The number of nitrogens with one attached hydrogen (secondary N) is 2. The Bertz CT molecular complexity index is 1070. The first-order chi connectivity index (χ1) is 16.6. The average Bonchev–Trinajstić information content (AvgIpc) is 2.80. The Kier molecular flexibility index (Phi) is 7.59. The van der Waals surface area contributed by atoms with Crippen molar-refractivity contribution in [3.05, 3.63) is 40.0 Å². The SMILES string of the molecule is CN(C)c1nc(N[C@H]2CC[C@@H](NC(=O)c3ccc(OC(F)(F)F)c(Cl)c3)CC2)nc2c1CCCC2. The zero-order chi connectivity index (χ0) is 25.2. The second-order valence-corrected chi connectivity index (χ2v) is 9.66. The van der Waals surface area contributed by atoms with Crippen molar-refractivity contribution >= 4 is 29.3 Å². The molecule has 0 atom stereocenters. The molecule has 1 heterocycles. The van der Waals surface area contributed by atoms with Gasteiger partial charge in [-0.25, -0.2) is 4.98 Å². The van der Waals surface area contributed by atoms with E-state index in [9.17, 15) is 18.0 Å². The van der Waals surface area contributed by atoms with E-state index in [4.69, 9.17) is 21.6 Å². The number of amides is 1. The predicted octanol–water partition coefficient (Wildman–Crippen LogP) is 5.13. The van der Waals surface area contributed by atoms with Crippen molar-refractivity contribution < 1.29 is 22.7 Å². The van der Waals surface area contributed by atoms with Crippen LogP contribution in [-0.2, 0) is 12.8 Å². The molecule has 0 saturated heterocycles. The highest BCUT2D eigenvalue weighted by atomic mass is 35.5. The second-order valence-electron chi connectivity index (χ2n) is 9.26. The van der Waals surface area contributed by atoms with Gasteiger partial charge in [0.2, 0.25) is 5.95 Å². The summed E-state index contributed by atoms with van der Waals surface area (Å²) in [6.07, 6.45) is 2.64. The molecular formula is C24H29ClF3N5O2. The van der Waals surface area contributed by atoms with Gasteiger partial charge in [-0.05, 0) is 69.6 Å². The van der Waals surface area contributed by atoms with Crippen molar-refractivity contribution in [1.82, 2.24) is 15.3 Å². The van der Waals surface area contributed by atoms with Crippen LogP contribution in [0.1, 0.15) is 60.1 Å². The van der Waals surface area contributed by atoms with Gasteiger partial charge in [0.15, 0.2) is 0 Å². The number of fused-ring (bicyclic) bond motifs is 1. The molecule has 1 saturated carbocycles. The molecule has 7 nitrogen and oxygen atoms in total. The first kappa shape index (κ1) is 25.3. The van der Waals surface area contributed by atoms with Crippen LogP contribution < -0.4 is 20.3 Å². The molecule has 1 amide bonds. The molecule has 0 spiro atoms. The summed E-state index contributed by atoms with van der Waals surface area (Å²) in [6.45, 7) is 0. The quantitative estimate of drug-likeness (QED) is 0.560. The van der Waals surface area contributed by atoms with Crippen LogP contribution in [-0.4, -0.2) is 48.4 Å². The normalized spacial score (nSPS) is 20.1. The first-order valence-corrected chi connectivity index (χ1v) is 12.2. The fourth-order valence-corrected chi connectivity index (χ4v) is 4.91. The number of carbonyl (C=O) groups excluding carboxylic acids is 1. The van der Waals surface area contributed by atoms with Crippen LogP contribution >= 0.6 is 11.6 Å². The van der Waals surface area contributed by atoms with Crippen LogP contribution in [0.5, 0.6) is 5.75 Å². The molecule has 1 fully saturated rings. The number of ether oxygens (including phenoxy) is 1. The van der Waals surface area contributed by atoms with E-state index in [0.29, 0.717) is 5.95 Å². The molecule has 0 unspecified atom stereocenters. The minimum atomic E-state index is -4.85. The fourth-order valence-electron chi connectivity index (χ4n) is 4.69. The third kappa shape index (κ3) is 6.48. The lowest BCUT2D eigenvalue weighted by molar-refractivity contribution is -0.274. The van der Waals surface area contributed by atoms with Gasteiger partial charge in [-0.2, -0.15) is 4.98 Å². The Hall–Kier alpha value is -2.75. The Balaban J connectivity index is 1.32. The maximum atomic E-state index is 12.6. The molecule has 2 N–H and O–H groups in total. The highest BCUT2D eigenvalue weighted by Gasteiger charge is 2.32. The van der Waals surface area contributed by atoms with Gasteiger partial charge in [0.25, 0.3) is 5.91 Å². The van der Waals surface area contributed by atoms with E-state index in [-0.39, 0.29) is 28.6 Å². The van der Waals surface area contributed by atoms with Crippen LogP contribution in [0.2, 0.25) is 5.02 Å². The molecule has 0 radical (unpaired) electrons. The van der Waals surface area contributed by atoms with Crippen molar-refractivity contribution in [2.24, 2.45) is 0 Å². The number of alkyl halides is 3. The van der Waals surface area contributed by atoms with Crippen molar-refractivity contribution in [3.63, 3.8) is 0 Å². The lowest BCUT2D eigenvalue weighted by Crippen LogP contribution is -2.40. The number of benzene rings is 1. The molecule has 35 heavy (non-hydrogen) atoms. The molecule has 0 aliphatic heterocycles. The molecule has 4 rings (SSSR count). The van der Waals surface area contributed by atoms with E-state index in [1.54, 1.807) is 0 Å². The van der Waals surface area contributed by atoms with E-state index in [1.807, 2.05) is 19.0 Å². The minimum absolute atomic E-state index is 0.0350. The zero-order valence-corrected chi connectivity index (χ0v) is 20.5. The van der Waals surface area contributed by atoms with Gasteiger partial charge >= 0.3 is 6.36 Å². The summed E-state index contributed by atoms with van der Waals surface area (Å²) in [4.78, 5) is 24.2. The summed E-state index contributed by atoms with van der Waals surface area (Å²) in [5.74, 6) is 0.709. The molecule has 1 aromatic heterocycles. The van der Waals surface area contributed by atoms with Gasteiger partial charge < -0.3 is 20.3 Å². The summed E-state index contributed by atoms with van der Waals surface area (Å²) in [5, 5.41) is 6.16. The number of nitrogens with zero attached hydrogens (tertiary/aromatic N) is 3. The molecule has 2 aliphatic carbocycles. The number of hydrogen-bond acceptors (Lipinski definition) is 6. The van der Waals surface area contributed by atoms with Crippen LogP contribution in [0, 0.1) is 0 Å². The van der Waals surface area contributed by atoms with Crippen LogP contribution in [0.3, 0.4) is 0 Å². The topological polar surface area (TPSA) is 79.4 Å². The van der Waals surface area contributed by atoms with Crippen molar-refractivity contribution in [1.29, 1.82) is 0 Å². The predicted molar refractivity (Wildman–Crippen MR) is 128 cm³/mol. The number of halogens is 4. The number of aryl methyl sites for hydroxylation is 1. The lowest BCUT2D eigenvalue weighted by Gasteiger charge is -2.30. The summed E-state index contributed by atoms with van der Waals surface area (Å²) in [6, 6.07) is 3.67. The van der Waals surface area contributed by atoms with Crippen molar-refractivity contribution in [2.75, 3.05) is 24.3 Å². The highest BCUT2D eigenvalue weighted by molar-refractivity contribution is 6.32. The largest absolute Gasteiger partial charge is 0.573 e. The maximum Gasteiger partial charge on any atom is 0.573 e. The molecule has 190 valence electrons. The van der Waals surface area contributed by atoms with Gasteiger partial charge in [-0.15, -0.1) is 13.2 Å². The van der Waals surface area contributed by atoms with E-state index in [0.717, 1.165) is 68.9 Å². The fraction of sp³-hybridized carbons (Fsp3) is 0.542. The molecule has 1 aromatic carbocycles. The maximum absolute atomic E-state index is 12.6. The lowest BCUT2D eigenvalue weighted by atomic mass is 9.91. The van der Waals surface area contributed by atoms with Crippen molar-refractivity contribution in [2.45, 2.75) is 69.8 Å². The van der Waals surface area contributed by atoms with Gasteiger partial charge in [0.05, 0.1) is 10.7 Å². The van der Waals surface area contributed by atoms with Crippen LogP contribution in [0.15, 0.2) is 18.2 Å². The molecular weight excluding hydrogens is 483 g/mol. The van der Waals surface area contributed by atoms with Crippen LogP contribution in [0.25, 0.3) is 0 Å². The highest BCUT2D eigenvalue weighted by Crippen LogP contribution is 2.32. The Morgan fingerprint density at radius 1 is 1.09 bits per heavy atom. The van der Waals surface area contributed by atoms with E-state index in [1.165, 1.54) is 17.7 Å². The summed E-state index contributed by atoms with van der Waals surface area (Å²) in [5.41, 5.74) is 2.56.